The number of carbonyl (C=O) groups is 1. The Morgan fingerprint density at radius 1 is 1.26 bits per heavy atom. The molecule has 2 aromatic heterocycles. The van der Waals surface area contributed by atoms with Gasteiger partial charge in [0, 0.05) is 24.2 Å². The molecule has 1 N–H and O–H groups in total. The minimum Gasteiger partial charge on any atom is -0.378 e. The van der Waals surface area contributed by atoms with Crippen molar-refractivity contribution < 1.29 is 13.9 Å². The first-order valence-corrected chi connectivity index (χ1v) is 10.4. The number of benzene rings is 1. The van der Waals surface area contributed by atoms with E-state index in [1.165, 1.54) is 17.4 Å². The highest BCUT2D eigenvalue weighted by atomic mass is 32.1. The number of thiazole rings is 1. The molecule has 5 nitrogen and oxygen atoms in total. The van der Waals surface area contributed by atoms with Crippen LogP contribution >= 0.6 is 22.7 Å². The SMILES string of the molecule is O=C(Cc1csc(-c2cccs2)n1)Nc1ccc(N2CCOCC2)c(F)c1. The molecule has 0 atom stereocenters. The van der Waals surface area contributed by atoms with E-state index in [1.807, 2.05) is 27.8 Å². The Kier molecular flexibility index (Phi) is 5.47. The van der Waals surface area contributed by atoms with E-state index in [-0.39, 0.29) is 18.1 Å². The van der Waals surface area contributed by atoms with Crippen LogP contribution in [0.3, 0.4) is 0 Å². The van der Waals surface area contributed by atoms with Crippen LogP contribution in [0, 0.1) is 5.82 Å². The largest absolute Gasteiger partial charge is 0.378 e. The van der Waals surface area contributed by atoms with Crippen LogP contribution in [0.5, 0.6) is 0 Å². The summed E-state index contributed by atoms with van der Waals surface area (Å²) in [5.41, 5.74) is 1.70. The number of nitrogens with one attached hydrogen (secondary N) is 1. The molecule has 1 aliphatic rings. The molecule has 8 heteroatoms. The van der Waals surface area contributed by atoms with Gasteiger partial charge in [0.2, 0.25) is 5.91 Å². The van der Waals surface area contributed by atoms with Gasteiger partial charge in [0.25, 0.3) is 0 Å². The second-order valence-corrected chi connectivity index (χ2v) is 7.92. The van der Waals surface area contributed by atoms with Crippen molar-refractivity contribution >= 4 is 40.0 Å². The van der Waals surface area contributed by atoms with Crippen molar-refractivity contribution in [3.8, 4) is 9.88 Å². The molecule has 3 heterocycles. The lowest BCUT2D eigenvalue weighted by molar-refractivity contribution is -0.115. The van der Waals surface area contributed by atoms with Crippen LogP contribution in [0.2, 0.25) is 0 Å². The van der Waals surface area contributed by atoms with E-state index in [0.29, 0.717) is 43.4 Å². The second kappa shape index (κ2) is 8.16. The topological polar surface area (TPSA) is 54.5 Å². The van der Waals surface area contributed by atoms with Crippen LogP contribution in [-0.2, 0) is 16.0 Å². The molecule has 140 valence electrons. The van der Waals surface area contributed by atoms with Crippen molar-refractivity contribution in [2.75, 3.05) is 36.5 Å². The van der Waals surface area contributed by atoms with Crippen LogP contribution in [0.25, 0.3) is 9.88 Å². The van der Waals surface area contributed by atoms with Crippen LogP contribution in [0.4, 0.5) is 15.8 Å². The maximum absolute atomic E-state index is 14.4. The Bertz CT molecular complexity index is 921. The van der Waals surface area contributed by atoms with Crippen molar-refractivity contribution in [2.45, 2.75) is 6.42 Å². The molecule has 0 spiro atoms. The van der Waals surface area contributed by atoms with Gasteiger partial charge in [-0.05, 0) is 29.6 Å². The van der Waals surface area contributed by atoms with Gasteiger partial charge in [-0.1, -0.05) is 6.07 Å². The molecule has 0 radical (unpaired) electrons. The molecule has 0 unspecified atom stereocenters. The molecule has 1 aromatic carbocycles. The maximum Gasteiger partial charge on any atom is 0.230 e. The predicted molar refractivity (Wildman–Crippen MR) is 107 cm³/mol. The summed E-state index contributed by atoms with van der Waals surface area (Å²) in [5.74, 6) is -0.556. The molecule has 0 bridgehead atoms. The fourth-order valence-corrected chi connectivity index (χ4v) is 4.55. The summed E-state index contributed by atoms with van der Waals surface area (Å²) in [7, 11) is 0. The Balaban J connectivity index is 1.38. The Hall–Kier alpha value is -2.29. The van der Waals surface area contributed by atoms with Crippen LogP contribution in [0.1, 0.15) is 5.69 Å². The van der Waals surface area contributed by atoms with Gasteiger partial charge < -0.3 is 15.0 Å². The number of halogens is 1. The smallest absolute Gasteiger partial charge is 0.230 e. The quantitative estimate of drug-likeness (QED) is 0.699. The number of hydrogen-bond acceptors (Lipinski definition) is 6. The van der Waals surface area contributed by atoms with Crippen molar-refractivity contribution in [2.24, 2.45) is 0 Å². The average Bonchev–Trinajstić information content (AvgIpc) is 3.34. The molecule has 3 aromatic rings. The fourth-order valence-electron chi connectivity index (χ4n) is 2.92. The maximum atomic E-state index is 14.4. The summed E-state index contributed by atoms with van der Waals surface area (Å²) in [5, 5.41) is 7.55. The number of nitrogens with zero attached hydrogens (tertiary/aromatic N) is 2. The molecule has 0 saturated carbocycles. The lowest BCUT2D eigenvalue weighted by atomic mass is 10.2. The Morgan fingerprint density at radius 3 is 2.85 bits per heavy atom. The van der Waals surface area contributed by atoms with Gasteiger partial charge in [0.05, 0.1) is 35.9 Å². The number of hydrogen-bond donors (Lipinski definition) is 1. The Morgan fingerprint density at radius 2 is 2.11 bits per heavy atom. The highest BCUT2D eigenvalue weighted by molar-refractivity contribution is 7.20. The van der Waals surface area contributed by atoms with Crippen LogP contribution in [-0.4, -0.2) is 37.2 Å². The van der Waals surface area contributed by atoms with E-state index >= 15 is 0 Å². The predicted octanol–water partition coefficient (Wildman–Crippen LogP) is 4.03. The summed E-state index contributed by atoms with van der Waals surface area (Å²) in [6, 6.07) is 8.77. The lowest BCUT2D eigenvalue weighted by Gasteiger charge is -2.29. The summed E-state index contributed by atoms with van der Waals surface area (Å²) in [6.45, 7) is 2.52. The average molecular weight is 404 g/mol. The Labute approximate surface area is 164 Å². The van der Waals surface area contributed by atoms with Gasteiger partial charge in [-0.2, -0.15) is 0 Å². The monoisotopic (exact) mass is 403 g/mol. The number of amides is 1. The number of morpholine rings is 1. The number of ether oxygens (including phenoxy) is 1. The van der Waals surface area contributed by atoms with Gasteiger partial charge in [-0.25, -0.2) is 9.37 Å². The highest BCUT2D eigenvalue weighted by Gasteiger charge is 2.16. The van der Waals surface area contributed by atoms with Crippen molar-refractivity contribution in [3.63, 3.8) is 0 Å². The first kappa shape index (κ1) is 18.1. The molecular weight excluding hydrogens is 385 g/mol. The number of thiophene rings is 1. The van der Waals surface area contributed by atoms with Crippen molar-refractivity contribution in [3.05, 3.63) is 52.6 Å². The van der Waals surface area contributed by atoms with E-state index < -0.39 is 0 Å². The summed E-state index contributed by atoms with van der Waals surface area (Å²) < 4.78 is 19.7. The first-order chi connectivity index (χ1) is 13.2. The van der Waals surface area contributed by atoms with Crippen molar-refractivity contribution in [1.82, 2.24) is 4.98 Å². The molecule has 1 fully saturated rings. The van der Waals surface area contributed by atoms with Gasteiger partial charge in [0.1, 0.15) is 10.8 Å². The number of carbonyl (C=O) groups excluding carboxylic acids is 1. The van der Waals surface area contributed by atoms with E-state index in [9.17, 15) is 9.18 Å². The fraction of sp³-hybridized carbons (Fsp3) is 0.263. The van der Waals surface area contributed by atoms with Gasteiger partial charge >= 0.3 is 0 Å². The number of anilines is 2. The van der Waals surface area contributed by atoms with E-state index in [4.69, 9.17) is 4.74 Å². The molecule has 1 aliphatic heterocycles. The molecule has 1 saturated heterocycles. The summed E-state index contributed by atoms with van der Waals surface area (Å²) >= 11 is 3.14. The zero-order valence-electron chi connectivity index (χ0n) is 14.5. The minimum atomic E-state index is -0.344. The van der Waals surface area contributed by atoms with E-state index in [1.54, 1.807) is 23.5 Å². The molecule has 4 rings (SSSR count). The molecule has 27 heavy (non-hydrogen) atoms. The second-order valence-electron chi connectivity index (χ2n) is 6.11. The standard InChI is InChI=1S/C19H18FN3O2S2/c20-15-10-13(3-4-16(15)23-5-7-25-8-6-23)21-18(24)11-14-12-27-19(22-14)17-2-1-9-26-17/h1-4,9-10,12H,5-8,11H2,(H,21,24). The highest BCUT2D eigenvalue weighted by Crippen LogP contribution is 2.28. The van der Waals surface area contributed by atoms with E-state index in [0.717, 1.165) is 9.88 Å². The third-order valence-electron chi connectivity index (χ3n) is 4.21. The van der Waals surface area contributed by atoms with E-state index in [2.05, 4.69) is 10.3 Å². The third-order valence-corrected chi connectivity index (χ3v) is 6.14. The molecule has 0 aliphatic carbocycles. The summed E-state index contributed by atoms with van der Waals surface area (Å²) in [4.78, 5) is 19.8. The lowest BCUT2D eigenvalue weighted by Crippen LogP contribution is -2.36. The number of aromatic nitrogens is 1. The third kappa shape index (κ3) is 4.35. The van der Waals surface area contributed by atoms with Crippen LogP contribution < -0.4 is 10.2 Å². The zero-order valence-corrected chi connectivity index (χ0v) is 16.1. The zero-order chi connectivity index (χ0) is 18.6. The normalized spacial score (nSPS) is 14.3. The van der Waals surface area contributed by atoms with Crippen LogP contribution in [0.15, 0.2) is 41.1 Å². The summed E-state index contributed by atoms with van der Waals surface area (Å²) in [6.07, 6.45) is 0.161. The molecular formula is C19H18FN3O2S2. The van der Waals surface area contributed by atoms with Gasteiger partial charge in [-0.15, -0.1) is 22.7 Å². The van der Waals surface area contributed by atoms with Crippen molar-refractivity contribution in [1.29, 1.82) is 0 Å². The number of rotatable bonds is 5. The van der Waals surface area contributed by atoms with Gasteiger partial charge in [-0.3, -0.25) is 4.79 Å². The van der Waals surface area contributed by atoms with Gasteiger partial charge in [0.15, 0.2) is 0 Å². The minimum absolute atomic E-state index is 0.161. The first-order valence-electron chi connectivity index (χ1n) is 8.59. The molecule has 1 amide bonds.